The molecule has 2 rings (SSSR count). The van der Waals surface area contributed by atoms with Gasteiger partial charge in [0.1, 0.15) is 5.82 Å². The molecule has 1 unspecified atom stereocenters. The van der Waals surface area contributed by atoms with E-state index < -0.39 is 5.82 Å². The molecular weight excluding hydrogens is 289 g/mol. The van der Waals surface area contributed by atoms with Gasteiger partial charge in [-0.2, -0.15) is 0 Å². The van der Waals surface area contributed by atoms with Crippen molar-refractivity contribution in [2.24, 2.45) is 0 Å². The van der Waals surface area contributed by atoms with Gasteiger partial charge in [-0.15, -0.1) is 0 Å². The normalized spacial score (nSPS) is 19.3. The van der Waals surface area contributed by atoms with E-state index in [0.29, 0.717) is 16.6 Å². The highest BCUT2D eigenvalue weighted by Gasteiger charge is 2.17. The van der Waals surface area contributed by atoms with Crippen LogP contribution in [0.25, 0.3) is 0 Å². The lowest BCUT2D eigenvalue weighted by molar-refractivity contribution is 0.0857. The zero-order valence-corrected chi connectivity index (χ0v) is 10.8. The molecule has 1 heterocycles. The third-order valence-corrected chi connectivity index (χ3v) is 3.34. The van der Waals surface area contributed by atoms with Crippen molar-refractivity contribution in [1.29, 1.82) is 0 Å². The average Bonchev–Trinajstić information content (AvgIpc) is 2.82. The fraction of sp³-hybridized carbons (Fsp3) is 0.417. The second-order valence-corrected chi connectivity index (χ2v) is 4.83. The van der Waals surface area contributed by atoms with Gasteiger partial charge in [-0.05, 0) is 47.0 Å². The fourth-order valence-electron chi connectivity index (χ4n) is 1.75. The average molecular weight is 302 g/mol. The summed E-state index contributed by atoms with van der Waals surface area (Å²) >= 11 is 3.04. The first kappa shape index (κ1) is 12.5. The Morgan fingerprint density at radius 3 is 3.06 bits per heavy atom. The number of carbonyl (C=O) groups is 1. The van der Waals surface area contributed by atoms with Gasteiger partial charge >= 0.3 is 0 Å². The number of ether oxygens (including phenoxy) is 1. The third-order valence-electron chi connectivity index (χ3n) is 2.70. The van der Waals surface area contributed by atoms with Crippen molar-refractivity contribution in [1.82, 2.24) is 5.32 Å². The van der Waals surface area contributed by atoms with Crippen molar-refractivity contribution >= 4 is 21.8 Å². The van der Waals surface area contributed by atoms with Crippen molar-refractivity contribution in [3.63, 3.8) is 0 Å². The topological polar surface area (TPSA) is 38.3 Å². The summed E-state index contributed by atoms with van der Waals surface area (Å²) in [6, 6.07) is 4.32. The van der Waals surface area contributed by atoms with E-state index in [0.717, 1.165) is 19.4 Å². The number of rotatable bonds is 3. The first-order valence-electron chi connectivity index (χ1n) is 5.51. The van der Waals surface area contributed by atoms with Crippen molar-refractivity contribution in [3.8, 4) is 0 Å². The van der Waals surface area contributed by atoms with E-state index >= 15 is 0 Å². The van der Waals surface area contributed by atoms with E-state index in [-0.39, 0.29) is 12.0 Å². The van der Waals surface area contributed by atoms with E-state index in [1.54, 1.807) is 6.07 Å². The fourth-order valence-corrected chi connectivity index (χ4v) is 2.00. The molecule has 3 nitrogen and oxygen atoms in total. The molecule has 1 N–H and O–H groups in total. The quantitative estimate of drug-likeness (QED) is 0.931. The lowest BCUT2D eigenvalue weighted by atomic mass is 10.2. The van der Waals surface area contributed by atoms with Gasteiger partial charge in [-0.25, -0.2) is 4.39 Å². The number of hydrogen-bond acceptors (Lipinski definition) is 2. The SMILES string of the molecule is O=C(NCC1CCCO1)c1ccc(Br)c(F)c1. The third kappa shape index (κ3) is 3.26. The van der Waals surface area contributed by atoms with E-state index in [9.17, 15) is 9.18 Å². The second-order valence-electron chi connectivity index (χ2n) is 3.97. The largest absolute Gasteiger partial charge is 0.376 e. The molecule has 5 heteroatoms. The Bertz CT molecular complexity index is 419. The Kier molecular flexibility index (Phi) is 4.12. The van der Waals surface area contributed by atoms with Gasteiger partial charge in [0, 0.05) is 18.7 Å². The number of nitrogens with one attached hydrogen (secondary N) is 1. The molecule has 1 aliphatic heterocycles. The van der Waals surface area contributed by atoms with E-state index in [1.807, 2.05) is 0 Å². The standard InChI is InChI=1S/C12H13BrFNO2/c13-10-4-3-8(6-11(10)14)12(16)15-7-9-2-1-5-17-9/h3-4,6,9H,1-2,5,7H2,(H,15,16). The minimum atomic E-state index is -0.435. The molecule has 0 saturated carbocycles. The summed E-state index contributed by atoms with van der Waals surface area (Å²) in [6.07, 6.45) is 2.10. The number of carbonyl (C=O) groups excluding carboxylic acids is 1. The van der Waals surface area contributed by atoms with Crippen LogP contribution in [-0.4, -0.2) is 25.2 Å². The smallest absolute Gasteiger partial charge is 0.251 e. The second kappa shape index (κ2) is 5.60. The van der Waals surface area contributed by atoms with Crippen molar-refractivity contribution in [2.75, 3.05) is 13.2 Å². The maximum absolute atomic E-state index is 13.2. The Hall–Kier alpha value is -0.940. The highest BCUT2D eigenvalue weighted by Crippen LogP contribution is 2.16. The van der Waals surface area contributed by atoms with Gasteiger partial charge in [-0.3, -0.25) is 4.79 Å². The van der Waals surface area contributed by atoms with Crippen LogP contribution in [0.3, 0.4) is 0 Å². The maximum atomic E-state index is 13.2. The number of benzene rings is 1. The molecule has 1 aromatic rings. The van der Waals surface area contributed by atoms with Gasteiger partial charge < -0.3 is 10.1 Å². The highest BCUT2D eigenvalue weighted by atomic mass is 79.9. The Labute approximate surface area is 107 Å². The zero-order chi connectivity index (χ0) is 12.3. The minimum Gasteiger partial charge on any atom is -0.376 e. The van der Waals surface area contributed by atoms with Gasteiger partial charge in [-0.1, -0.05) is 0 Å². The molecule has 0 aliphatic carbocycles. The Morgan fingerprint density at radius 1 is 1.59 bits per heavy atom. The molecule has 0 aromatic heterocycles. The van der Waals surface area contributed by atoms with Crippen LogP contribution in [0.4, 0.5) is 4.39 Å². The van der Waals surface area contributed by atoms with E-state index in [4.69, 9.17) is 4.74 Å². The van der Waals surface area contributed by atoms with Crippen LogP contribution in [-0.2, 0) is 4.74 Å². The molecule has 1 aliphatic rings. The molecule has 0 bridgehead atoms. The predicted octanol–water partition coefficient (Wildman–Crippen LogP) is 2.50. The molecule has 0 spiro atoms. The molecule has 1 fully saturated rings. The number of hydrogen-bond donors (Lipinski definition) is 1. The van der Waals surface area contributed by atoms with Crippen LogP contribution in [0, 0.1) is 5.82 Å². The molecule has 92 valence electrons. The van der Waals surface area contributed by atoms with E-state index in [2.05, 4.69) is 21.2 Å². The first-order valence-corrected chi connectivity index (χ1v) is 6.31. The van der Waals surface area contributed by atoms with Crippen molar-refractivity contribution in [3.05, 3.63) is 34.1 Å². The molecule has 1 aromatic carbocycles. The Balaban J connectivity index is 1.92. The summed E-state index contributed by atoms with van der Waals surface area (Å²) in [4.78, 5) is 11.7. The van der Waals surface area contributed by atoms with Crippen molar-refractivity contribution < 1.29 is 13.9 Å². The molecule has 0 radical (unpaired) electrons. The van der Waals surface area contributed by atoms with Gasteiger partial charge in [0.15, 0.2) is 0 Å². The van der Waals surface area contributed by atoms with Gasteiger partial charge in [0.2, 0.25) is 0 Å². The van der Waals surface area contributed by atoms with Crippen LogP contribution in [0.1, 0.15) is 23.2 Å². The van der Waals surface area contributed by atoms with Crippen LogP contribution < -0.4 is 5.32 Å². The Morgan fingerprint density at radius 2 is 2.41 bits per heavy atom. The van der Waals surface area contributed by atoms with Gasteiger partial charge in [0.05, 0.1) is 10.6 Å². The maximum Gasteiger partial charge on any atom is 0.251 e. The molecule has 17 heavy (non-hydrogen) atoms. The zero-order valence-electron chi connectivity index (χ0n) is 9.21. The van der Waals surface area contributed by atoms with Crippen LogP contribution in [0.2, 0.25) is 0 Å². The summed E-state index contributed by atoms with van der Waals surface area (Å²) in [5, 5.41) is 2.74. The van der Waals surface area contributed by atoms with E-state index in [1.165, 1.54) is 12.1 Å². The summed E-state index contributed by atoms with van der Waals surface area (Å²) in [7, 11) is 0. The first-order chi connectivity index (χ1) is 8.16. The lowest BCUT2D eigenvalue weighted by Gasteiger charge is -2.10. The molecule has 1 amide bonds. The summed E-state index contributed by atoms with van der Waals surface area (Å²) in [6.45, 7) is 1.24. The predicted molar refractivity (Wildman–Crippen MR) is 65.4 cm³/mol. The summed E-state index contributed by atoms with van der Waals surface area (Å²) in [5.74, 6) is -0.707. The summed E-state index contributed by atoms with van der Waals surface area (Å²) < 4.78 is 19.0. The number of halogens is 2. The monoisotopic (exact) mass is 301 g/mol. The lowest BCUT2D eigenvalue weighted by Crippen LogP contribution is -2.31. The van der Waals surface area contributed by atoms with Crippen LogP contribution >= 0.6 is 15.9 Å². The summed E-state index contributed by atoms with van der Waals surface area (Å²) in [5.41, 5.74) is 0.323. The molecular formula is C12H13BrFNO2. The van der Waals surface area contributed by atoms with Crippen LogP contribution in [0.15, 0.2) is 22.7 Å². The van der Waals surface area contributed by atoms with Crippen LogP contribution in [0.5, 0.6) is 0 Å². The molecule has 1 saturated heterocycles. The molecule has 1 atom stereocenters. The van der Waals surface area contributed by atoms with Crippen molar-refractivity contribution in [2.45, 2.75) is 18.9 Å². The number of amides is 1. The highest BCUT2D eigenvalue weighted by molar-refractivity contribution is 9.10. The van der Waals surface area contributed by atoms with Gasteiger partial charge in [0.25, 0.3) is 5.91 Å². The minimum absolute atomic E-state index is 0.0965.